The summed E-state index contributed by atoms with van der Waals surface area (Å²) < 4.78 is 32.0. The van der Waals surface area contributed by atoms with E-state index in [9.17, 15) is 8.42 Å². The molecule has 2 fully saturated rings. The Morgan fingerprint density at radius 3 is 2.61 bits per heavy atom. The molecule has 1 unspecified atom stereocenters. The predicted octanol–water partition coefficient (Wildman–Crippen LogP) is 0.893. The van der Waals surface area contributed by atoms with Crippen molar-refractivity contribution in [3.05, 3.63) is 0 Å². The van der Waals surface area contributed by atoms with Crippen molar-refractivity contribution in [1.29, 1.82) is 0 Å². The lowest BCUT2D eigenvalue weighted by Crippen LogP contribution is -2.41. The second-order valence-corrected chi connectivity index (χ2v) is 7.87. The molecule has 0 aromatic carbocycles. The topological polar surface area (TPSA) is 97.0 Å². The molecule has 0 bridgehead atoms. The second kappa shape index (κ2) is 10.7. The quantitative estimate of drug-likeness (QED) is 0.349. The Balaban J connectivity index is 0.00000264. The number of nitrogens with one attached hydrogen (secondary N) is 1. The first-order valence-electron chi connectivity index (χ1n) is 8.21. The largest absolute Gasteiger partial charge is 0.377 e. The Bertz CT molecular complexity index is 461. The van der Waals surface area contributed by atoms with Gasteiger partial charge in [0.1, 0.15) is 0 Å². The van der Waals surface area contributed by atoms with E-state index in [1.165, 1.54) is 6.42 Å². The van der Waals surface area contributed by atoms with E-state index in [-0.39, 0.29) is 42.4 Å². The number of rotatable bonds is 6. The van der Waals surface area contributed by atoms with Gasteiger partial charge in [0.25, 0.3) is 0 Å². The summed E-state index contributed by atoms with van der Waals surface area (Å²) in [5, 5.41) is 0. The fraction of sp³-hybridized carbons (Fsp3) is 0.929. The summed E-state index contributed by atoms with van der Waals surface area (Å²) in [4.78, 5) is 6.22. The van der Waals surface area contributed by atoms with Gasteiger partial charge in [0.15, 0.2) is 5.96 Å². The number of guanidine groups is 1. The molecule has 2 rings (SSSR count). The first-order chi connectivity index (χ1) is 10.6. The first kappa shape index (κ1) is 20.9. The van der Waals surface area contributed by atoms with Gasteiger partial charge in [-0.1, -0.05) is 0 Å². The number of halogens is 1. The third-order valence-corrected chi connectivity index (χ3v) is 5.45. The van der Waals surface area contributed by atoms with E-state index in [1.54, 1.807) is 0 Å². The van der Waals surface area contributed by atoms with Crippen LogP contribution in [0.2, 0.25) is 0 Å². The standard InChI is InChI=1S/C14H28N4O3S.HI/c15-14(18-8-3-1-4-9-18)16-7-11-22(19,20)17-12-13-6-2-5-10-21-13;/h13,17H,1-12H2,(H2,15,16);1H. The zero-order valence-electron chi connectivity index (χ0n) is 13.6. The van der Waals surface area contributed by atoms with Gasteiger partial charge in [0.05, 0.1) is 18.4 Å². The lowest BCUT2D eigenvalue weighted by molar-refractivity contribution is 0.0200. The molecular weight excluding hydrogens is 431 g/mol. The van der Waals surface area contributed by atoms with Crippen molar-refractivity contribution in [1.82, 2.24) is 9.62 Å². The molecule has 3 N–H and O–H groups in total. The van der Waals surface area contributed by atoms with Crippen molar-refractivity contribution < 1.29 is 13.2 Å². The van der Waals surface area contributed by atoms with E-state index in [1.807, 2.05) is 4.90 Å². The van der Waals surface area contributed by atoms with Gasteiger partial charge in [-0.2, -0.15) is 0 Å². The summed E-state index contributed by atoms with van der Waals surface area (Å²) in [6, 6.07) is 0. The molecule has 0 spiro atoms. The number of hydrogen-bond donors (Lipinski definition) is 2. The number of aliphatic imine (C=N–C) groups is 1. The first-order valence-corrected chi connectivity index (χ1v) is 9.86. The van der Waals surface area contributed by atoms with Crippen molar-refractivity contribution >= 4 is 40.0 Å². The maximum absolute atomic E-state index is 11.9. The molecule has 23 heavy (non-hydrogen) atoms. The van der Waals surface area contributed by atoms with Gasteiger partial charge in [-0.15, -0.1) is 24.0 Å². The smallest absolute Gasteiger partial charge is 0.213 e. The average Bonchev–Trinajstić information content (AvgIpc) is 2.55. The van der Waals surface area contributed by atoms with Crippen molar-refractivity contribution in [2.24, 2.45) is 10.7 Å². The molecule has 7 nitrogen and oxygen atoms in total. The normalized spacial score (nSPS) is 23.4. The Kier molecular flexibility index (Phi) is 9.71. The number of nitrogens with two attached hydrogens (primary N) is 1. The Morgan fingerprint density at radius 1 is 1.22 bits per heavy atom. The molecule has 0 aromatic heterocycles. The highest BCUT2D eigenvalue weighted by molar-refractivity contribution is 14.0. The fourth-order valence-corrected chi connectivity index (χ4v) is 3.68. The number of piperidine rings is 1. The van der Waals surface area contributed by atoms with Crippen molar-refractivity contribution in [3.63, 3.8) is 0 Å². The van der Waals surface area contributed by atoms with Crippen molar-refractivity contribution in [2.45, 2.75) is 44.6 Å². The van der Waals surface area contributed by atoms with Gasteiger partial charge in [-0.3, -0.25) is 4.99 Å². The molecule has 0 aliphatic carbocycles. The lowest BCUT2D eigenvalue weighted by atomic mass is 10.1. The van der Waals surface area contributed by atoms with E-state index in [0.29, 0.717) is 12.5 Å². The van der Waals surface area contributed by atoms with Gasteiger partial charge in [0, 0.05) is 26.2 Å². The van der Waals surface area contributed by atoms with Crippen LogP contribution < -0.4 is 10.5 Å². The van der Waals surface area contributed by atoms with Crippen LogP contribution in [0.3, 0.4) is 0 Å². The summed E-state index contributed by atoms with van der Waals surface area (Å²) in [6.45, 7) is 3.11. The Morgan fingerprint density at radius 2 is 1.96 bits per heavy atom. The van der Waals surface area contributed by atoms with E-state index in [4.69, 9.17) is 10.5 Å². The number of sulfonamides is 1. The molecule has 2 saturated heterocycles. The molecule has 0 radical (unpaired) electrons. The Labute approximate surface area is 156 Å². The molecule has 0 amide bonds. The summed E-state index contributed by atoms with van der Waals surface area (Å²) in [7, 11) is -3.32. The highest BCUT2D eigenvalue weighted by Crippen LogP contribution is 2.12. The van der Waals surface area contributed by atoms with E-state index < -0.39 is 10.0 Å². The maximum Gasteiger partial charge on any atom is 0.213 e. The highest BCUT2D eigenvalue weighted by Gasteiger charge is 2.18. The van der Waals surface area contributed by atoms with Crippen LogP contribution in [0.15, 0.2) is 4.99 Å². The fourth-order valence-electron chi connectivity index (χ4n) is 2.76. The predicted molar refractivity (Wildman–Crippen MR) is 103 cm³/mol. The number of ether oxygens (including phenoxy) is 1. The van der Waals surface area contributed by atoms with Crippen LogP contribution in [0.5, 0.6) is 0 Å². The minimum atomic E-state index is -3.32. The lowest BCUT2D eigenvalue weighted by Gasteiger charge is -2.27. The summed E-state index contributed by atoms with van der Waals surface area (Å²) in [5.41, 5.74) is 5.91. The highest BCUT2D eigenvalue weighted by atomic mass is 127. The SMILES string of the molecule is I.NC(=NCCS(=O)(=O)NCC1CCCCO1)N1CCCCC1. The molecule has 9 heteroatoms. The molecule has 0 saturated carbocycles. The van der Waals surface area contributed by atoms with Gasteiger partial charge in [-0.05, 0) is 38.5 Å². The van der Waals surface area contributed by atoms with E-state index in [0.717, 1.165) is 51.8 Å². The minimum Gasteiger partial charge on any atom is -0.377 e. The summed E-state index contributed by atoms with van der Waals surface area (Å²) in [5.74, 6) is 0.430. The summed E-state index contributed by atoms with van der Waals surface area (Å²) >= 11 is 0. The van der Waals surface area contributed by atoms with Gasteiger partial charge in [-0.25, -0.2) is 13.1 Å². The van der Waals surface area contributed by atoms with Gasteiger partial charge >= 0.3 is 0 Å². The molecule has 2 aliphatic heterocycles. The van der Waals surface area contributed by atoms with E-state index >= 15 is 0 Å². The van der Waals surface area contributed by atoms with Gasteiger partial charge in [0.2, 0.25) is 10.0 Å². The average molecular weight is 460 g/mol. The minimum absolute atomic E-state index is 0. The molecule has 136 valence electrons. The van der Waals surface area contributed by atoms with E-state index in [2.05, 4.69) is 9.71 Å². The van der Waals surface area contributed by atoms with Crippen LogP contribution in [-0.2, 0) is 14.8 Å². The zero-order chi connectivity index (χ0) is 15.8. The number of likely N-dealkylation sites (tertiary alicyclic amines) is 1. The van der Waals surface area contributed by atoms with Crippen LogP contribution >= 0.6 is 24.0 Å². The molecular formula is C14H29IN4O3S. The molecule has 0 aromatic rings. The number of nitrogens with zero attached hydrogens (tertiary/aromatic N) is 2. The third kappa shape index (κ3) is 7.99. The Hall–Kier alpha value is -0.130. The van der Waals surface area contributed by atoms with Gasteiger partial charge < -0.3 is 15.4 Å². The molecule has 1 atom stereocenters. The summed E-state index contributed by atoms with van der Waals surface area (Å²) in [6.07, 6.45) is 6.56. The number of hydrogen-bond acceptors (Lipinski definition) is 4. The van der Waals surface area contributed by atoms with Crippen molar-refractivity contribution in [3.8, 4) is 0 Å². The second-order valence-electron chi connectivity index (χ2n) is 5.94. The van der Waals surface area contributed by atoms with Crippen LogP contribution in [0.25, 0.3) is 0 Å². The van der Waals surface area contributed by atoms with Crippen LogP contribution in [0, 0.1) is 0 Å². The monoisotopic (exact) mass is 460 g/mol. The van der Waals surface area contributed by atoms with Crippen LogP contribution in [-0.4, -0.2) is 63.9 Å². The third-order valence-electron chi connectivity index (χ3n) is 4.12. The van der Waals surface area contributed by atoms with Crippen LogP contribution in [0.4, 0.5) is 0 Å². The maximum atomic E-state index is 11.9. The zero-order valence-corrected chi connectivity index (χ0v) is 16.7. The molecule has 2 aliphatic rings. The van der Waals surface area contributed by atoms with Crippen molar-refractivity contribution in [2.75, 3.05) is 38.5 Å². The molecule has 2 heterocycles. The van der Waals surface area contributed by atoms with Crippen LogP contribution in [0.1, 0.15) is 38.5 Å².